The third kappa shape index (κ3) is 3.62. The molecule has 0 radical (unpaired) electrons. The van der Waals surface area contributed by atoms with Gasteiger partial charge in [-0.15, -0.1) is 0 Å². The minimum atomic E-state index is -0.418. The molecule has 1 saturated heterocycles. The van der Waals surface area contributed by atoms with Crippen LogP contribution in [0.4, 0.5) is 10.3 Å². The van der Waals surface area contributed by atoms with Crippen molar-refractivity contribution in [3.8, 4) is 5.88 Å². The molecule has 1 aliphatic rings. The van der Waals surface area contributed by atoms with Crippen molar-refractivity contribution in [3.05, 3.63) is 36.8 Å². The Bertz CT molecular complexity index is 565. The van der Waals surface area contributed by atoms with E-state index in [0.29, 0.717) is 24.4 Å². The Labute approximate surface area is 122 Å². The second-order valence-corrected chi connectivity index (χ2v) is 5.01. The summed E-state index contributed by atoms with van der Waals surface area (Å²) >= 11 is 0. The van der Waals surface area contributed by atoms with Crippen molar-refractivity contribution in [1.29, 1.82) is 0 Å². The van der Waals surface area contributed by atoms with E-state index in [-0.39, 0.29) is 0 Å². The Balaban J connectivity index is 1.57. The Hall–Kier alpha value is -2.31. The van der Waals surface area contributed by atoms with E-state index in [9.17, 15) is 4.39 Å². The van der Waals surface area contributed by atoms with E-state index in [2.05, 4.69) is 24.8 Å². The zero-order valence-electron chi connectivity index (χ0n) is 11.5. The van der Waals surface area contributed by atoms with E-state index >= 15 is 0 Å². The number of hydrogen-bond acceptors (Lipinski definition) is 6. The molecule has 0 aliphatic carbocycles. The first-order chi connectivity index (χ1) is 10.3. The molecule has 3 heterocycles. The summed E-state index contributed by atoms with van der Waals surface area (Å²) in [6.45, 7) is 2.26. The largest absolute Gasteiger partial charge is 0.476 e. The summed E-state index contributed by atoms with van der Waals surface area (Å²) < 4.78 is 18.5. The molecule has 2 aromatic rings. The standard InChI is InChI=1S/C14H16FN5O/c15-12-6-18-14(19-7-12)20-5-1-2-11(9-20)10-21-13-8-16-3-4-17-13/h3-4,6-8,11H,1-2,5,9-10H2. The van der Waals surface area contributed by atoms with E-state index in [1.165, 1.54) is 12.4 Å². The van der Waals surface area contributed by atoms with Gasteiger partial charge in [0, 0.05) is 31.4 Å². The zero-order valence-corrected chi connectivity index (χ0v) is 11.5. The summed E-state index contributed by atoms with van der Waals surface area (Å²) in [6.07, 6.45) is 9.33. The number of ether oxygens (including phenoxy) is 1. The molecule has 21 heavy (non-hydrogen) atoms. The van der Waals surface area contributed by atoms with Crippen LogP contribution in [0.25, 0.3) is 0 Å². The van der Waals surface area contributed by atoms with E-state index in [1.54, 1.807) is 18.6 Å². The Morgan fingerprint density at radius 1 is 1.19 bits per heavy atom. The zero-order chi connectivity index (χ0) is 14.5. The Morgan fingerprint density at radius 2 is 2.05 bits per heavy atom. The molecule has 110 valence electrons. The molecule has 0 spiro atoms. The molecule has 7 heteroatoms. The summed E-state index contributed by atoms with van der Waals surface area (Å²) in [6, 6.07) is 0. The molecule has 0 aromatic carbocycles. The lowest BCUT2D eigenvalue weighted by Crippen LogP contribution is -2.38. The molecule has 1 unspecified atom stereocenters. The lowest BCUT2D eigenvalue weighted by molar-refractivity contribution is 0.220. The van der Waals surface area contributed by atoms with E-state index in [4.69, 9.17) is 4.74 Å². The van der Waals surface area contributed by atoms with E-state index in [0.717, 1.165) is 25.9 Å². The molecular formula is C14H16FN5O. The summed E-state index contributed by atoms with van der Waals surface area (Å²) in [5.74, 6) is 1.06. The molecule has 1 atom stereocenters. The van der Waals surface area contributed by atoms with Gasteiger partial charge in [0.15, 0.2) is 5.82 Å². The molecule has 6 nitrogen and oxygen atoms in total. The van der Waals surface area contributed by atoms with Crippen LogP contribution in [-0.4, -0.2) is 39.6 Å². The molecule has 0 amide bonds. The van der Waals surface area contributed by atoms with Crippen LogP contribution in [-0.2, 0) is 0 Å². The minimum Gasteiger partial charge on any atom is -0.476 e. The molecule has 2 aromatic heterocycles. The average molecular weight is 289 g/mol. The van der Waals surface area contributed by atoms with Crippen LogP contribution in [0.2, 0.25) is 0 Å². The predicted molar refractivity (Wildman–Crippen MR) is 74.5 cm³/mol. The quantitative estimate of drug-likeness (QED) is 0.853. The Morgan fingerprint density at radius 3 is 2.81 bits per heavy atom. The van der Waals surface area contributed by atoms with Crippen LogP contribution < -0.4 is 9.64 Å². The molecule has 0 N–H and O–H groups in total. The van der Waals surface area contributed by atoms with Crippen molar-refractivity contribution in [1.82, 2.24) is 19.9 Å². The molecule has 0 bridgehead atoms. The third-order valence-electron chi connectivity index (χ3n) is 3.41. The van der Waals surface area contributed by atoms with Gasteiger partial charge in [-0.05, 0) is 12.8 Å². The molecule has 0 saturated carbocycles. The SMILES string of the molecule is Fc1cnc(N2CCCC(COc3cnccn3)C2)nc1. The van der Waals surface area contributed by atoms with Crippen LogP contribution in [0, 0.1) is 11.7 Å². The lowest BCUT2D eigenvalue weighted by Gasteiger charge is -2.32. The van der Waals surface area contributed by atoms with Gasteiger partial charge in [0.25, 0.3) is 0 Å². The second-order valence-electron chi connectivity index (χ2n) is 5.01. The molecular weight excluding hydrogens is 273 g/mol. The number of hydrogen-bond donors (Lipinski definition) is 0. The maximum Gasteiger partial charge on any atom is 0.232 e. The highest BCUT2D eigenvalue weighted by Crippen LogP contribution is 2.20. The normalized spacial score (nSPS) is 18.5. The van der Waals surface area contributed by atoms with Crippen LogP contribution in [0.5, 0.6) is 5.88 Å². The fraction of sp³-hybridized carbons (Fsp3) is 0.429. The lowest BCUT2D eigenvalue weighted by atomic mass is 9.99. The van der Waals surface area contributed by atoms with Crippen LogP contribution >= 0.6 is 0 Å². The molecule has 1 fully saturated rings. The van der Waals surface area contributed by atoms with E-state index in [1.807, 2.05) is 0 Å². The summed E-state index contributed by atoms with van der Waals surface area (Å²) in [5.41, 5.74) is 0. The van der Waals surface area contributed by atoms with E-state index < -0.39 is 5.82 Å². The maximum atomic E-state index is 12.9. The van der Waals surface area contributed by atoms with Gasteiger partial charge in [-0.1, -0.05) is 0 Å². The number of aromatic nitrogens is 4. The van der Waals surface area contributed by atoms with Crippen LogP contribution in [0.15, 0.2) is 31.0 Å². The highest BCUT2D eigenvalue weighted by atomic mass is 19.1. The number of piperidine rings is 1. The maximum absolute atomic E-state index is 12.9. The van der Waals surface area contributed by atoms with Gasteiger partial charge < -0.3 is 9.64 Å². The smallest absolute Gasteiger partial charge is 0.232 e. The van der Waals surface area contributed by atoms with Gasteiger partial charge in [0.1, 0.15) is 0 Å². The summed E-state index contributed by atoms with van der Waals surface area (Å²) in [4.78, 5) is 18.2. The molecule has 1 aliphatic heterocycles. The van der Waals surface area contributed by atoms with Crippen molar-refractivity contribution in [2.75, 3.05) is 24.6 Å². The first kappa shape index (κ1) is 13.7. The number of halogens is 1. The van der Waals surface area contributed by atoms with Crippen LogP contribution in [0.1, 0.15) is 12.8 Å². The Kier molecular flexibility index (Phi) is 4.18. The summed E-state index contributed by atoms with van der Waals surface area (Å²) in [7, 11) is 0. The van der Waals surface area contributed by atoms with Gasteiger partial charge in [-0.3, -0.25) is 4.98 Å². The highest BCUT2D eigenvalue weighted by Gasteiger charge is 2.22. The highest BCUT2D eigenvalue weighted by molar-refractivity contribution is 5.29. The fourth-order valence-corrected chi connectivity index (χ4v) is 2.41. The average Bonchev–Trinajstić information content (AvgIpc) is 2.55. The number of nitrogens with zero attached hydrogens (tertiary/aromatic N) is 5. The van der Waals surface area contributed by atoms with Gasteiger partial charge in [-0.25, -0.2) is 19.3 Å². The first-order valence-corrected chi connectivity index (χ1v) is 6.92. The fourth-order valence-electron chi connectivity index (χ4n) is 2.41. The predicted octanol–water partition coefficient (Wildman–Crippen LogP) is 1.70. The van der Waals surface area contributed by atoms with Crippen molar-refractivity contribution in [3.63, 3.8) is 0 Å². The van der Waals surface area contributed by atoms with Crippen molar-refractivity contribution < 1.29 is 9.13 Å². The van der Waals surface area contributed by atoms with Crippen LogP contribution in [0.3, 0.4) is 0 Å². The monoisotopic (exact) mass is 289 g/mol. The number of anilines is 1. The topological polar surface area (TPSA) is 64.0 Å². The van der Waals surface area contributed by atoms with Gasteiger partial charge in [0.05, 0.1) is 25.2 Å². The van der Waals surface area contributed by atoms with Gasteiger partial charge in [-0.2, -0.15) is 0 Å². The van der Waals surface area contributed by atoms with Gasteiger partial charge >= 0.3 is 0 Å². The van der Waals surface area contributed by atoms with Crippen molar-refractivity contribution in [2.45, 2.75) is 12.8 Å². The van der Waals surface area contributed by atoms with Crippen molar-refractivity contribution in [2.24, 2.45) is 5.92 Å². The third-order valence-corrected chi connectivity index (χ3v) is 3.41. The number of rotatable bonds is 4. The van der Waals surface area contributed by atoms with Gasteiger partial charge in [0.2, 0.25) is 11.8 Å². The van der Waals surface area contributed by atoms with Crippen molar-refractivity contribution >= 4 is 5.95 Å². The summed E-state index contributed by atoms with van der Waals surface area (Å²) in [5, 5.41) is 0. The molecule has 3 rings (SSSR count). The second kappa shape index (κ2) is 6.43. The minimum absolute atomic E-state index is 0.370. The first-order valence-electron chi connectivity index (χ1n) is 6.92.